The molecule has 0 fully saturated rings. The number of hydrogen-bond acceptors (Lipinski definition) is 1. The monoisotopic (exact) mass is 286 g/mol. The van der Waals surface area contributed by atoms with E-state index in [1.165, 1.54) is 27.8 Å². The number of unbranched alkanes of at least 4 members (excludes halogenated alkanes) is 1. The standard InChI is InChI=1S/C20H30O/c1-8-9-10-17(13-18(21)20(5,6)7)19-15(3)11-14(2)12-16(19)4/h11-13H,8-10H2,1-7H3. The van der Waals surface area contributed by atoms with Crippen molar-refractivity contribution in [1.29, 1.82) is 0 Å². The summed E-state index contributed by atoms with van der Waals surface area (Å²) in [5.74, 6) is 0.216. The lowest BCUT2D eigenvalue weighted by molar-refractivity contribution is -0.121. The van der Waals surface area contributed by atoms with E-state index in [0.29, 0.717) is 0 Å². The molecule has 1 rings (SSSR count). The van der Waals surface area contributed by atoms with E-state index in [-0.39, 0.29) is 11.2 Å². The molecule has 0 heterocycles. The van der Waals surface area contributed by atoms with Crippen LogP contribution in [0.1, 0.15) is 69.2 Å². The van der Waals surface area contributed by atoms with Gasteiger partial charge in [-0.1, -0.05) is 51.8 Å². The highest BCUT2D eigenvalue weighted by atomic mass is 16.1. The summed E-state index contributed by atoms with van der Waals surface area (Å²) < 4.78 is 0. The molecule has 1 aromatic carbocycles. The Kier molecular flexibility index (Phi) is 5.95. The van der Waals surface area contributed by atoms with Crippen molar-refractivity contribution < 1.29 is 4.79 Å². The lowest BCUT2D eigenvalue weighted by Crippen LogP contribution is -2.18. The van der Waals surface area contributed by atoms with Crippen molar-refractivity contribution >= 4 is 11.4 Å². The predicted octanol–water partition coefficient (Wildman–Crippen LogP) is 5.80. The van der Waals surface area contributed by atoms with E-state index in [0.717, 1.165) is 19.3 Å². The SMILES string of the molecule is CCCCC(=CC(=O)C(C)(C)C)c1c(C)cc(C)cc1C. The van der Waals surface area contributed by atoms with E-state index in [2.05, 4.69) is 39.8 Å². The lowest BCUT2D eigenvalue weighted by Gasteiger charge is -2.18. The molecule has 21 heavy (non-hydrogen) atoms. The van der Waals surface area contributed by atoms with Crippen LogP contribution in [0, 0.1) is 26.2 Å². The van der Waals surface area contributed by atoms with E-state index in [4.69, 9.17) is 0 Å². The van der Waals surface area contributed by atoms with Crippen LogP contribution in [0.2, 0.25) is 0 Å². The van der Waals surface area contributed by atoms with Crippen molar-refractivity contribution in [2.75, 3.05) is 0 Å². The normalized spacial score (nSPS) is 12.6. The van der Waals surface area contributed by atoms with Crippen LogP contribution >= 0.6 is 0 Å². The first kappa shape index (κ1) is 17.7. The van der Waals surface area contributed by atoms with Crippen LogP contribution in [0.5, 0.6) is 0 Å². The molecule has 0 amide bonds. The first-order valence-corrected chi connectivity index (χ1v) is 8.00. The number of carbonyl (C=O) groups excluding carboxylic acids is 1. The summed E-state index contributed by atoms with van der Waals surface area (Å²) in [5.41, 5.74) is 5.99. The van der Waals surface area contributed by atoms with Gasteiger partial charge < -0.3 is 0 Å². The van der Waals surface area contributed by atoms with Crippen molar-refractivity contribution in [3.63, 3.8) is 0 Å². The van der Waals surface area contributed by atoms with Gasteiger partial charge in [-0.15, -0.1) is 0 Å². The number of ketones is 1. The van der Waals surface area contributed by atoms with Crippen LogP contribution in [0.25, 0.3) is 5.57 Å². The molecular weight excluding hydrogens is 256 g/mol. The van der Waals surface area contributed by atoms with E-state index in [9.17, 15) is 4.79 Å². The van der Waals surface area contributed by atoms with Crippen LogP contribution in [0.4, 0.5) is 0 Å². The topological polar surface area (TPSA) is 17.1 Å². The lowest BCUT2D eigenvalue weighted by atomic mass is 9.85. The van der Waals surface area contributed by atoms with Gasteiger partial charge in [0.1, 0.15) is 0 Å². The van der Waals surface area contributed by atoms with Gasteiger partial charge in [-0.3, -0.25) is 4.79 Å². The minimum atomic E-state index is -0.316. The summed E-state index contributed by atoms with van der Waals surface area (Å²) in [6.45, 7) is 14.6. The molecule has 0 aliphatic rings. The molecule has 0 aromatic heterocycles. The van der Waals surface area contributed by atoms with E-state index in [1.807, 2.05) is 26.8 Å². The summed E-state index contributed by atoms with van der Waals surface area (Å²) >= 11 is 0. The van der Waals surface area contributed by atoms with Crippen molar-refractivity contribution in [1.82, 2.24) is 0 Å². The molecule has 0 atom stereocenters. The highest BCUT2D eigenvalue weighted by Gasteiger charge is 2.20. The molecule has 0 bridgehead atoms. The number of rotatable bonds is 5. The summed E-state index contributed by atoms with van der Waals surface area (Å²) in [7, 11) is 0. The van der Waals surface area contributed by atoms with Crippen molar-refractivity contribution in [3.05, 3.63) is 40.5 Å². The summed E-state index contributed by atoms with van der Waals surface area (Å²) in [4.78, 5) is 12.4. The number of carbonyl (C=O) groups is 1. The van der Waals surface area contributed by atoms with Gasteiger partial charge in [0, 0.05) is 5.41 Å². The fourth-order valence-corrected chi connectivity index (χ4v) is 2.70. The van der Waals surface area contributed by atoms with Crippen LogP contribution in [-0.2, 0) is 4.79 Å². The fourth-order valence-electron chi connectivity index (χ4n) is 2.70. The average Bonchev–Trinajstić information content (AvgIpc) is 2.32. The minimum absolute atomic E-state index is 0.216. The molecule has 0 aliphatic carbocycles. The maximum Gasteiger partial charge on any atom is 0.161 e. The average molecular weight is 286 g/mol. The molecular formula is C20H30O. The molecule has 1 aromatic rings. The molecule has 1 nitrogen and oxygen atoms in total. The second-order valence-electron chi connectivity index (χ2n) is 7.16. The Morgan fingerprint density at radius 1 is 1.10 bits per heavy atom. The van der Waals surface area contributed by atoms with Crippen LogP contribution in [0.3, 0.4) is 0 Å². The smallest absolute Gasteiger partial charge is 0.161 e. The van der Waals surface area contributed by atoms with Gasteiger partial charge in [-0.25, -0.2) is 0 Å². The quantitative estimate of drug-likeness (QED) is 0.625. The largest absolute Gasteiger partial charge is 0.294 e. The second kappa shape index (κ2) is 7.06. The Bertz CT molecular complexity index is 518. The van der Waals surface area contributed by atoms with Gasteiger partial charge in [-0.2, -0.15) is 0 Å². The van der Waals surface area contributed by atoms with Gasteiger partial charge in [0.15, 0.2) is 5.78 Å². The Balaban J connectivity index is 3.33. The Hall–Kier alpha value is -1.37. The molecule has 0 saturated heterocycles. The third-order valence-corrected chi connectivity index (χ3v) is 3.84. The van der Waals surface area contributed by atoms with Crippen LogP contribution in [-0.4, -0.2) is 5.78 Å². The maximum atomic E-state index is 12.4. The molecule has 0 spiro atoms. The molecule has 0 unspecified atom stereocenters. The molecule has 0 N–H and O–H groups in total. The number of benzene rings is 1. The highest BCUT2D eigenvalue weighted by Crippen LogP contribution is 2.30. The first-order chi connectivity index (χ1) is 9.66. The molecule has 0 aliphatic heterocycles. The fraction of sp³-hybridized carbons (Fsp3) is 0.550. The van der Waals surface area contributed by atoms with E-state index >= 15 is 0 Å². The Morgan fingerprint density at radius 2 is 1.62 bits per heavy atom. The Morgan fingerprint density at radius 3 is 2.05 bits per heavy atom. The molecule has 0 radical (unpaired) electrons. The predicted molar refractivity (Wildman–Crippen MR) is 92.6 cm³/mol. The highest BCUT2D eigenvalue weighted by molar-refractivity contribution is 6.00. The third kappa shape index (κ3) is 4.84. The van der Waals surface area contributed by atoms with Crippen LogP contribution in [0.15, 0.2) is 18.2 Å². The van der Waals surface area contributed by atoms with Gasteiger partial charge in [0.05, 0.1) is 0 Å². The number of hydrogen-bond donors (Lipinski definition) is 0. The molecule has 0 saturated carbocycles. The zero-order chi connectivity index (χ0) is 16.2. The van der Waals surface area contributed by atoms with Gasteiger partial charge in [-0.05, 0) is 62.0 Å². The zero-order valence-corrected chi connectivity index (χ0v) is 14.8. The van der Waals surface area contributed by atoms with Crippen molar-refractivity contribution in [2.24, 2.45) is 5.41 Å². The number of allylic oxidation sites excluding steroid dienone is 2. The maximum absolute atomic E-state index is 12.4. The van der Waals surface area contributed by atoms with E-state index < -0.39 is 0 Å². The zero-order valence-electron chi connectivity index (χ0n) is 14.8. The summed E-state index contributed by atoms with van der Waals surface area (Å²) in [6.07, 6.45) is 5.13. The van der Waals surface area contributed by atoms with Crippen molar-refractivity contribution in [2.45, 2.75) is 67.7 Å². The van der Waals surface area contributed by atoms with Gasteiger partial charge in [0.25, 0.3) is 0 Å². The van der Waals surface area contributed by atoms with E-state index in [1.54, 1.807) is 0 Å². The summed E-state index contributed by atoms with van der Waals surface area (Å²) in [6, 6.07) is 4.42. The van der Waals surface area contributed by atoms with Crippen LogP contribution < -0.4 is 0 Å². The summed E-state index contributed by atoms with van der Waals surface area (Å²) in [5, 5.41) is 0. The van der Waals surface area contributed by atoms with Gasteiger partial charge >= 0.3 is 0 Å². The first-order valence-electron chi connectivity index (χ1n) is 8.00. The van der Waals surface area contributed by atoms with Gasteiger partial charge in [0.2, 0.25) is 0 Å². The third-order valence-electron chi connectivity index (χ3n) is 3.84. The van der Waals surface area contributed by atoms with Crippen molar-refractivity contribution in [3.8, 4) is 0 Å². The second-order valence-corrected chi connectivity index (χ2v) is 7.16. The Labute approximate surface area is 130 Å². The molecule has 116 valence electrons. The minimum Gasteiger partial charge on any atom is -0.294 e. The molecule has 1 heteroatoms. The number of aryl methyl sites for hydroxylation is 3.